The fourth-order valence-corrected chi connectivity index (χ4v) is 1.51. The van der Waals surface area contributed by atoms with E-state index < -0.39 is 0 Å². The van der Waals surface area contributed by atoms with Crippen LogP contribution in [0.5, 0.6) is 0 Å². The van der Waals surface area contributed by atoms with Crippen LogP contribution in [0.15, 0.2) is 12.2 Å². The van der Waals surface area contributed by atoms with E-state index in [0.717, 1.165) is 5.92 Å². The van der Waals surface area contributed by atoms with Gasteiger partial charge < -0.3 is 0 Å². The van der Waals surface area contributed by atoms with Crippen LogP contribution >= 0.6 is 0 Å². The van der Waals surface area contributed by atoms with Crippen LogP contribution in [0, 0.1) is 5.92 Å². The maximum Gasteiger partial charge on any atom is -0.0262 e. The Balaban J connectivity index is 2.28. The normalized spacial score (nSPS) is 31.9. The lowest BCUT2D eigenvalue weighted by atomic mass is 10.0. The summed E-state index contributed by atoms with van der Waals surface area (Å²) < 4.78 is 0. The van der Waals surface area contributed by atoms with Gasteiger partial charge in [-0.15, -0.1) is 0 Å². The first-order valence-corrected chi connectivity index (χ1v) is 4.56. The molecule has 58 valence electrons. The molecule has 0 aromatic carbocycles. The van der Waals surface area contributed by atoms with E-state index in [1.165, 1.54) is 38.5 Å². The van der Waals surface area contributed by atoms with E-state index in [9.17, 15) is 0 Å². The minimum absolute atomic E-state index is 0.832. The average Bonchev–Trinajstić information content (AvgIpc) is 2.02. The Kier molecular flexibility index (Phi) is 3.56. The molecule has 1 unspecified atom stereocenters. The van der Waals surface area contributed by atoms with E-state index in [-0.39, 0.29) is 0 Å². The third-order valence-corrected chi connectivity index (χ3v) is 2.24. The zero-order chi connectivity index (χ0) is 7.23. The van der Waals surface area contributed by atoms with Crippen molar-refractivity contribution < 1.29 is 0 Å². The van der Waals surface area contributed by atoms with Gasteiger partial charge in [-0.3, -0.25) is 0 Å². The maximum atomic E-state index is 2.38. The topological polar surface area (TPSA) is 0 Å². The van der Waals surface area contributed by atoms with Crippen molar-refractivity contribution in [2.24, 2.45) is 5.92 Å². The van der Waals surface area contributed by atoms with Crippen molar-refractivity contribution in [1.29, 1.82) is 0 Å². The molecule has 1 atom stereocenters. The van der Waals surface area contributed by atoms with Crippen LogP contribution < -0.4 is 0 Å². The van der Waals surface area contributed by atoms with Crippen LogP contribution in [-0.2, 0) is 0 Å². The second-order valence-electron chi connectivity index (χ2n) is 3.40. The molecule has 0 heterocycles. The summed E-state index contributed by atoms with van der Waals surface area (Å²) in [7, 11) is 0. The molecule has 1 aliphatic carbocycles. The summed E-state index contributed by atoms with van der Waals surface area (Å²) >= 11 is 0. The molecule has 10 heavy (non-hydrogen) atoms. The highest BCUT2D eigenvalue weighted by Crippen LogP contribution is 2.15. The molecule has 0 nitrogen and oxygen atoms in total. The number of hydrogen-bond donors (Lipinski definition) is 0. The zero-order valence-electron chi connectivity index (χ0n) is 6.97. The summed E-state index contributed by atoms with van der Waals surface area (Å²) in [5.41, 5.74) is 0. The van der Waals surface area contributed by atoms with Crippen molar-refractivity contribution in [2.75, 3.05) is 0 Å². The van der Waals surface area contributed by atoms with E-state index in [1.807, 2.05) is 0 Å². The Morgan fingerprint density at radius 1 is 1.10 bits per heavy atom. The maximum absolute atomic E-state index is 2.38. The van der Waals surface area contributed by atoms with E-state index in [0.29, 0.717) is 0 Å². The minimum atomic E-state index is 0.832. The first-order chi connectivity index (χ1) is 4.89. The molecule has 1 aliphatic rings. The standard InChI is InChI=1S/C10H18/c1-10-8-6-4-2-3-5-7-9-10/h6,8,10H,2-5,7,9H2,1H3/b8-6+. The smallest absolute Gasteiger partial charge is 0.0262 e. The van der Waals surface area contributed by atoms with E-state index in [1.54, 1.807) is 0 Å². The van der Waals surface area contributed by atoms with Gasteiger partial charge in [0.05, 0.1) is 0 Å². The van der Waals surface area contributed by atoms with Crippen molar-refractivity contribution >= 4 is 0 Å². The third kappa shape index (κ3) is 3.05. The molecule has 0 fully saturated rings. The largest absolute Gasteiger partial charge is 0.0883 e. The van der Waals surface area contributed by atoms with Gasteiger partial charge >= 0.3 is 0 Å². The van der Waals surface area contributed by atoms with Crippen LogP contribution in [-0.4, -0.2) is 0 Å². The van der Waals surface area contributed by atoms with Gasteiger partial charge in [-0.2, -0.15) is 0 Å². The predicted molar refractivity (Wildman–Crippen MR) is 46.0 cm³/mol. The highest BCUT2D eigenvalue weighted by atomic mass is 14.0. The number of allylic oxidation sites excluding steroid dienone is 2. The van der Waals surface area contributed by atoms with E-state index in [4.69, 9.17) is 0 Å². The van der Waals surface area contributed by atoms with Crippen LogP contribution in [0.2, 0.25) is 0 Å². The Morgan fingerprint density at radius 3 is 2.80 bits per heavy atom. The number of hydrogen-bond acceptors (Lipinski definition) is 0. The Labute approximate surface area is 64.3 Å². The molecule has 1 rings (SSSR count). The lowest BCUT2D eigenvalue weighted by Crippen LogP contribution is -1.87. The van der Waals surface area contributed by atoms with Crippen molar-refractivity contribution in [3.8, 4) is 0 Å². The zero-order valence-corrected chi connectivity index (χ0v) is 6.97. The van der Waals surface area contributed by atoms with Crippen molar-refractivity contribution in [2.45, 2.75) is 45.4 Å². The Morgan fingerprint density at radius 2 is 1.90 bits per heavy atom. The monoisotopic (exact) mass is 138 g/mol. The summed E-state index contributed by atoms with van der Waals surface area (Å²) in [4.78, 5) is 0. The third-order valence-electron chi connectivity index (χ3n) is 2.24. The van der Waals surface area contributed by atoms with Crippen molar-refractivity contribution in [3.05, 3.63) is 12.2 Å². The lowest BCUT2D eigenvalue weighted by Gasteiger charge is -2.02. The molecule has 0 heteroatoms. The molecule has 0 spiro atoms. The van der Waals surface area contributed by atoms with Crippen LogP contribution in [0.25, 0.3) is 0 Å². The minimum Gasteiger partial charge on any atom is -0.0883 e. The number of rotatable bonds is 0. The van der Waals surface area contributed by atoms with Crippen LogP contribution in [0.1, 0.15) is 45.4 Å². The molecule has 0 saturated carbocycles. The van der Waals surface area contributed by atoms with Crippen molar-refractivity contribution in [1.82, 2.24) is 0 Å². The molecule has 0 radical (unpaired) electrons. The summed E-state index contributed by atoms with van der Waals surface area (Å²) in [6.45, 7) is 2.32. The molecule has 0 bridgehead atoms. The van der Waals surface area contributed by atoms with Gasteiger partial charge in [-0.25, -0.2) is 0 Å². The molecule has 0 saturated heterocycles. The fraction of sp³-hybridized carbons (Fsp3) is 0.800. The lowest BCUT2D eigenvalue weighted by molar-refractivity contribution is 0.566. The van der Waals surface area contributed by atoms with Gasteiger partial charge in [-0.1, -0.05) is 38.3 Å². The summed E-state index contributed by atoms with van der Waals surface area (Å²) in [5, 5.41) is 0. The van der Waals surface area contributed by atoms with Gasteiger partial charge in [0, 0.05) is 0 Å². The second-order valence-corrected chi connectivity index (χ2v) is 3.40. The SMILES string of the molecule is CC1/C=C/CCCCCC1. The van der Waals surface area contributed by atoms with Gasteiger partial charge in [0.25, 0.3) is 0 Å². The van der Waals surface area contributed by atoms with Crippen molar-refractivity contribution in [3.63, 3.8) is 0 Å². The predicted octanol–water partition coefficient (Wildman–Crippen LogP) is 3.53. The molecule has 0 aromatic rings. The van der Waals surface area contributed by atoms with Gasteiger partial charge in [0.2, 0.25) is 0 Å². The average molecular weight is 138 g/mol. The quantitative estimate of drug-likeness (QED) is 0.449. The summed E-state index contributed by atoms with van der Waals surface area (Å²) in [5.74, 6) is 0.832. The highest BCUT2D eigenvalue weighted by Gasteiger charge is 1.98. The Bertz CT molecular complexity index is 103. The molecule has 0 aliphatic heterocycles. The van der Waals surface area contributed by atoms with Crippen LogP contribution in [0.4, 0.5) is 0 Å². The Hall–Kier alpha value is -0.260. The first kappa shape index (κ1) is 7.84. The molecule has 0 amide bonds. The highest BCUT2D eigenvalue weighted by molar-refractivity contribution is 4.86. The van der Waals surface area contributed by atoms with Gasteiger partial charge in [0.1, 0.15) is 0 Å². The second kappa shape index (κ2) is 4.54. The van der Waals surface area contributed by atoms with Gasteiger partial charge in [-0.05, 0) is 25.2 Å². The van der Waals surface area contributed by atoms with E-state index >= 15 is 0 Å². The van der Waals surface area contributed by atoms with Crippen LogP contribution in [0.3, 0.4) is 0 Å². The molecule has 0 N–H and O–H groups in total. The first-order valence-electron chi connectivity index (χ1n) is 4.56. The molecular weight excluding hydrogens is 120 g/mol. The fourth-order valence-electron chi connectivity index (χ4n) is 1.51. The molecule has 0 aromatic heterocycles. The van der Waals surface area contributed by atoms with Gasteiger partial charge in [0.15, 0.2) is 0 Å². The summed E-state index contributed by atoms with van der Waals surface area (Å²) in [6.07, 6.45) is 13.2. The molecular formula is C10H18. The summed E-state index contributed by atoms with van der Waals surface area (Å²) in [6, 6.07) is 0. The van der Waals surface area contributed by atoms with E-state index in [2.05, 4.69) is 19.1 Å².